The van der Waals surface area contributed by atoms with E-state index in [1.807, 2.05) is 19.1 Å². The second kappa shape index (κ2) is 4.48. The molecule has 1 atom stereocenters. The van der Waals surface area contributed by atoms with Gasteiger partial charge in [0.2, 0.25) is 0 Å². The zero-order valence-electron chi connectivity index (χ0n) is 12.8. The summed E-state index contributed by atoms with van der Waals surface area (Å²) in [6.07, 6.45) is 0.850. The van der Waals surface area contributed by atoms with Crippen molar-refractivity contribution in [3.05, 3.63) is 29.3 Å². The van der Waals surface area contributed by atoms with Crippen LogP contribution in [0.3, 0.4) is 0 Å². The number of hydrogen-bond donors (Lipinski definition) is 0. The molecule has 2 rings (SSSR count). The smallest absolute Gasteiger partial charge is 0.250 e. The first-order valence-corrected chi connectivity index (χ1v) is 9.89. The summed E-state index contributed by atoms with van der Waals surface area (Å²) < 4.78 is 6.35. The lowest BCUT2D eigenvalue weighted by atomic mass is 10.1. The van der Waals surface area contributed by atoms with E-state index in [0.29, 0.717) is 0 Å². The molecule has 1 unspecified atom stereocenters. The van der Waals surface area contributed by atoms with E-state index in [2.05, 4.69) is 39.9 Å². The lowest BCUT2D eigenvalue weighted by Crippen LogP contribution is -2.44. The first-order chi connectivity index (χ1) is 8.63. The van der Waals surface area contributed by atoms with Crippen LogP contribution in [-0.2, 0) is 6.42 Å². The Hall–Kier alpha value is -1.09. The van der Waals surface area contributed by atoms with Crippen molar-refractivity contribution in [1.29, 1.82) is 0 Å². The summed E-state index contributed by atoms with van der Waals surface area (Å²) in [5.41, 5.74) is 1.98. The van der Waals surface area contributed by atoms with Gasteiger partial charge in [-0.25, -0.2) is 0 Å². The third-order valence-electron chi connectivity index (χ3n) is 4.50. The second-order valence-corrected chi connectivity index (χ2v) is 11.8. The fraction of sp³-hybridized carbons (Fsp3) is 0.562. The lowest BCUT2D eigenvalue weighted by Gasteiger charge is -2.37. The zero-order valence-corrected chi connectivity index (χ0v) is 13.8. The normalized spacial score (nSPS) is 19.5. The number of benzene rings is 1. The van der Waals surface area contributed by atoms with E-state index in [1.165, 1.54) is 0 Å². The van der Waals surface area contributed by atoms with Gasteiger partial charge in [0, 0.05) is 5.92 Å². The highest BCUT2D eigenvalue weighted by Gasteiger charge is 2.40. The lowest BCUT2D eigenvalue weighted by molar-refractivity contribution is 0.0944. The average molecular weight is 276 g/mol. The Bertz CT molecular complexity index is 512. The predicted molar refractivity (Wildman–Crippen MR) is 81.5 cm³/mol. The van der Waals surface area contributed by atoms with Crippen LogP contribution in [0.5, 0.6) is 5.75 Å². The topological polar surface area (TPSA) is 26.3 Å². The molecule has 1 aliphatic carbocycles. The van der Waals surface area contributed by atoms with Gasteiger partial charge in [-0.1, -0.05) is 39.8 Å². The number of fused-ring (bicyclic) bond motifs is 1. The molecule has 0 heterocycles. The zero-order chi connectivity index (χ0) is 14.4. The molecule has 0 aliphatic heterocycles. The van der Waals surface area contributed by atoms with Gasteiger partial charge in [0.15, 0.2) is 5.78 Å². The van der Waals surface area contributed by atoms with Crippen LogP contribution < -0.4 is 4.43 Å². The molecule has 0 radical (unpaired) electrons. The molecule has 19 heavy (non-hydrogen) atoms. The Morgan fingerprint density at radius 2 is 1.89 bits per heavy atom. The van der Waals surface area contributed by atoms with Crippen LogP contribution in [-0.4, -0.2) is 14.1 Å². The molecule has 0 fully saturated rings. The Morgan fingerprint density at radius 3 is 2.47 bits per heavy atom. The Balaban J connectivity index is 2.40. The molecular weight excluding hydrogens is 252 g/mol. The number of carbonyl (C=O) groups is 1. The number of Topliss-reactive ketones (excluding diaryl/α,β-unsaturated/α-hetero) is 1. The standard InChI is InChI=1S/C16H24O2Si/c1-11-10-12-8-7-9-13(14(12)15(11)17)18-19(5,6)16(2,3)4/h7-9,11H,10H2,1-6H3. The van der Waals surface area contributed by atoms with Gasteiger partial charge >= 0.3 is 0 Å². The highest BCUT2D eigenvalue weighted by Crippen LogP contribution is 2.40. The van der Waals surface area contributed by atoms with Crippen LogP contribution in [0, 0.1) is 5.92 Å². The number of ketones is 1. The van der Waals surface area contributed by atoms with Crippen molar-refractivity contribution >= 4 is 14.1 Å². The molecule has 3 heteroatoms. The van der Waals surface area contributed by atoms with Crippen LogP contribution in [0.25, 0.3) is 0 Å². The molecule has 0 saturated heterocycles. The quantitative estimate of drug-likeness (QED) is 0.746. The Labute approximate surface area is 117 Å². The van der Waals surface area contributed by atoms with Gasteiger partial charge in [-0.05, 0) is 36.2 Å². The van der Waals surface area contributed by atoms with E-state index >= 15 is 0 Å². The van der Waals surface area contributed by atoms with E-state index < -0.39 is 8.32 Å². The first kappa shape index (κ1) is 14.3. The number of carbonyl (C=O) groups excluding carboxylic acids is 1. The fourth-order valence-electron chi connectivity index (χ4n) is 2.21. The SMILES string of the molecule is CC1Cc2cccc(O[Si](C)(C)C(C)(C)C)c2C1=O. The van der Waals surface area contributed by atoms with Crippen LogP contribution >= 0.6 is 0 Å². The number of hydrogen-bond acceptors (Lipinski definition) is 2. The summed E-state index contributed by atoms with van der Waals surface area (Å²) in [7, 11) is -1.89. The van der Waals surface area contributed by atoms with Gasteiger partial charge in [0.05, 0.1) is 5.56 Å². The second-order valence-electron chi connectivity index (χ2n) is 7.12. The molecule has 0 amide bonds. The first-order valence-electron chi connectivity index (χ1n) is 6.98. The van der Waals surface area contributed by atoms with E-state index in [0.717, 1.165) is 23.3 Å². The maximum Gasteiger partial charge on any atom is 0.250 e. The molecule has 0 aromatic heterocycles. The highest BCUT2D eigenvalue weighted by atomic mass is 28.4. The largest absolute Gasteiger partial charge is 0.543 e. The van der Waals surface area contributed by atoms with Crippen LogP contribution in [0.1, 0.15) is 43.6 Å². The van der Waals surface area contributed by atoms with Gasteiger partial charge in [-0.15, -0.1) is 0 Å². The molecular formula is C16H24O2Si. The summed E-state index contributed by atoms with van der Waals surface area (Å²) >= 11 is 0. The summed E-state index contributed by atoms with van der Waals surface area (Å²) in [6, 6.07) is 6.01. The minimum Gasteiger partial charge on any atom is -0.543 e. The van der Waals surface area contributed by atoms with Crippen molar-refractivity contribution in [2.24, 2.45) is 5.92 Å². The highest BCUT2D eigenvalue weighted by molar-refractivity contribution is 6.74. The van der Waals surface area contributed by atoms with Crippen LogP contribution in [0.4, 0.5) is 0 Å². The van der Waals surface area contributed by atoms with Crippen molar-refractivity contribution in [1.82, 2.24) is 0 Å². The van der Waals surface area contributed by atoms with Crippen molar-refractivity contribution in [2.75, 3.05) is 0 Å². The molecule has 0 spiro atoms. The van der Waals surface area contributed by atoms with Crippen LogP contribution in [0.15, 0.2) is 18.2 Å². The molecule has 1 aromatic carbocycles. The molecule has 2 nitrogen and oxygen atoms in total. The van der Waals surface area contributed by atoms with Gasteiger partial charge in [-0.2, -0.15) is 0 Å². The Kier molecular flexibility index (Phi) is 3.38. The summed E-state index contributed by atoms with van der Waals surface area (Å²) in [6.45, 7) is 13.1. The molecule has 0 saturated carbocycles. The van der Waals surface area contributed by atoms with E-state index in [-0.39, 0.29) is 16.7 Å². The summed E-state index contributed by atoms with van der Waals surface area (Å²) in [4.78, 5) is 12.3. The third kappa shape index (κ3) is 2.48. The van der Waals surface area contributed by atoms with E-state index in [9.17, 15) is 4.79 Å². The number of rotatable bonds is 2. The Morgan fingerprint density at radius 1 is 1.26 bits per heavy atom. The van der Waals surface area contributed by atoms with Crippen molar-refractivity contribution in [2.45, 2.75) is 52.2 Å². The third-order valence-corrected chi connectivity index (χ3v) is 8.85. The van der Waals surface area contributed by atoms with Gasteiger partial charge in [-0.3, -0.25) is 4.79 Å². The maximum atomic E-state index is 12.3. The van der Waals surface area contributed by atoms with Gasteiger partial charge < -0.3 is 4.43 Å². The average Bonchev–Trinajstić information content (AvgIpc) is 2.54. The predicted octanol–water partition coefficient (Wildman–Crippen LogP) is 4.45. The fourth-order valence-corrected chi connectivity index (χ4v) is 3.23. The summed E-state index contributed by atoms with van der Waals surface area (Å²) in [5, 5.41) is 0.142. The van der Waals surface area contributed by atoms with Gasteiger partial charge in [0.25, 0.3) is 8.32 Å². The maximum absolute atomic E-state index is 12.3. The summed E-state index contributed by atoms with van der Waals surface area (Å²) in [5.74, 6) is 1.14. The molecule has 1 aromatic rings. The molecule has 1 aliphatic rings. The minimum absolute atomic E-state index is 0.0964. The monoisotopic (exact) mass is 276 g/mol. The van der Waals surface area contributed by atoms with E-state index in [1.54, 1.807) is 0 Å². The van der Waals surface area contributed by atoms with Crippen molar-refractivity contribution in [3.63, 3.8) is 0 Å². The minimum atomic E-state index is -1.89. The van der Waals surface area contributed by atoms with Gasteiger partial charge in [0.1, 0.15) is 5.75 Å². The molecule has 104 valence electrons. The molecule has 0 bridgehead atoms. The van der Waals surface area contributed by atoms with Crippen molar-refractivity contribution < 1.29 is 9.22 Å². The van der Waals surface area contributed by atoms with E-state index in [4.69, 9.17) is 4.43 Å². The van der Waals surface area contributed by atoms with Crippen molar-refractivity contribution in [3.8, 4) is 5.75 Å². The van der Waals surface area contributed by atoms with Crippen LogP contribution in [0.2, 0.25) is 18.1 Å². The molecule has 0 N–H and O–H groups in total.